The van der Waals surface area contributed by atoms with Gasteiger partial charge in [-0.25, -0.2) is 4.79 Å². The van der Waals surface area contributed by atoms with Crippen LogP contribution in [0.15, 0.2) is 39.5 Å². The number of methoxy groups -OCH3 is 3. The van der Waals surface area contributed by atoms with E-state index in [0.29, 0.717) is 41.7 Å². The zero-order valence-electron chi connectivity index (χ0n) is 32.4. The second-order valence-electron chi connectivity index (χ2n) is 11.2. The average Bonchev–Trinajstić information content (AvgIpc) is 3.07. The number of hydrogen-bond donors (Lipinski definition) is 2. The number of phenolic OH excluding ortho intramolecular Hbond substituents is 1. The Labute approximate surface area is 322 Å². The van der Waals surface area contributed by atoms with Gasteiger partial charge in [0, 0.05) is 36.6 Å². The summed E-state index contributed by atoms with van der Waals surface area (Å²) in [6.07, 6.45) is 1.25. The number of esters is 3. The summed E-state index contributed by atoms with van der Waals surface area (Å²) in [6.45, 7) is 11.0. The molecule has 0 saturated heterocycles. The summed E-state index contributed by atoms with van der Waals surface area (Å²) in [5, 5.41) is 10.2. The molecule has 310 valence electrons. The normalized spacial score (nSPS) is 10.6. The summed E-state index contributed by atoms with van der Waals surface area (Å²) < 4.78 is 60.8. The average molecular weight is 801 g/mol. The molecule has 1 heterocycles. The second kappa shape index (κ2) is 26.6. The van der Waals surface area contributed by atoms with Crippen molar-refractivity contribution < 1.29 is 70.1 Å². The first-order chi connectivity index (χ1) is 25.3. The second-order valence-corrected chi connectivity index (χ2v) is 12.7. The Kier molecular flexibility index (Phi) is 25.1. The number of ketones is 1. The van der Waals surface area contributed by atoms with Gasteiger partial charge in [-0.3, -0.25) is 23.7 Å². The lowest BCUT2D eigenvalue weighted by atomic mass is 9.99. The number of hydrogen-bond acceptors (Lipinski definition) is 15. The molecule has 1 unspecified atom stereocenters. The number of aryl methyl sites for hydroxylation is 2. The van der Waals surface area contributed by atoms with Crippen LogP contribution in [-0.2, 0) is 49.9 Å². The van der Waals surface area contributed by atoms with Gasteiger partial charge in [0.1, 0.15) is 40.3 Å². The quantitative estimate of drug-likeness (QED) is 0.0668. The standard InChI is InChI=1S/C16H18O6.C11H18O5.C9H12O2.CH4O3S.CH4/c1-4-21-14(18)6-5-11-9(2)15-12(20-3)7-10(17)8-13(15)22-16(11)19;1-4-15-10(13)7-6-9(8(3)12)11(14)16-5-2;1-7-4-8(10-2)6-9(5-7)11-3;1-5(2,3)4;/h7-8,17H,4-6H2,1-3H3;9H,4-7H2,1-3H3;4-6H,1-3H3;1H3,(H,2,3,4);1H4. The molecule has 0 aliphatic heterocycles. The van der Waals surface area contributed by atoms with Crippen LogP contribution in [0.5, 0.6) is 23.0 Å². The van der Waals surface area contributed by atoms with Crippen molar-refractivity contribution in [1.82, 2.24) is 0 Å². The number of phenols is 1. The predicted octanol–water partition coefficient (Wildman–Crippen LogP) is 5.56. The zero-order valence-corrected chi connectivity index (χ0v) is 33.2. The monoisotopic (exact) mass is 800 g/mol. The molecular weight excluding hydrogens is 744 g/mol. The molecule has 2 aromatic carbocycles. The van der Waals surface area contributed by atoms with Crippen molar-refractivity contribution in [2.75, 3.05) is 47.4 Å². The van der Waals surface area contributed by atoms with Gasteiger partial charge in [0.05, 0.1) is 52.8 Å². The van der Waals surface area contributed by atoms with Gasteiger partial charge in [0.25, 0.3) is 10.1 Å². The predicted molar refractivity (Wildman–Crippen MR) is 206 cm³/mol. The van der Waals surface area contributed by atoms with Crippen molar-refractivity contribution in [1.29, 1.82) is 0 Å². The highest BCUT2D eigenvalue weighted by atomic mass is 32.2. The van der Waals surface area contributed by atoms with E-state index in [-0.39, 0.29) is 62.8 Å². The Balaban J connectivity index is 0. The molecule has 0 spiro atoms. The molecular formula is C38H56O16S. The minimum absolute atomic E-state index is 0. The maximum Gasteiger partial charge on any atom is 0.339 e. The van der Waals surface area contributed by atoms with Crippen molar-refractivity contribution in [3.05, 3.63) is 57.4 Å². The van der Waals surface area contributed by atoms with Gasteiger partial charge in [-0.05, 0) is 77.6 Å². The van der Waals surface area contributed by atoms with Crippen LogP contribution in [0.1, 0.15) is 71.1 Å². The largest absolute Gasteiger partial charge is 0.508 e. The molecule has 0 aliphatic rings. The summed E-state index contributed by atoms with van der Waals surface area (Å²) in [6, 6.07) is 8.59. The van der Waals surface area contributed by atoms with Crippen LogP contribution in [0, 0.1) is 19.8 Å². The molecule has 0 saturated carbocycles. The number of carbonyl (C=O) groups excluding carboxylic acids is 4. The number of carbonyl (C=O) groups is 4. The molecule has 3 aromatic rings. The van der Waals surface area contributed by atoms with Crippen molar-refractivity contribution >= 4 is 44.8 Å². The van der Waals surface area contributed by atoms with Gasteiger partial charge >= 0.3 is 23.5 Å². The van der Waals surface area contributed by atoms with Gasteiger partial charge in [0.15, 0.2) is 0 Å². The molecule has 0 radical (unpaired) electrons. The van der Waals surface area contributed by atoms with Crippen LogP contribution in [0.3, 0.4) is 0 Å². The summed E-state index contributed by atoms with van der Waals surface area (Å²) in [5.41, 5.74) is 1.94. The molecule has 1 aromatic heterocycles. The van der Waals surface area contributed by atoms with Crippen LogP contribution in [-0.4, -0.2) is 89.2 Å². The van der Waals surface area contributed by atoms with Crippen molar-refractivity contribution in [2.24, 2.45) is 5.92 Å². The van der Waals surface area contributed by atoms with E-state index in [1.54, 1.807) is 41.9 Å². The van der Waals surface area contributed by atoms with E-state index in [1.165, 1.54) is 26.2 Å². The van der Waals surface area contributed by atoms with Crippen molar-refractivity contribution in [3.8, 4) is 23.0 Å². The third-order valence-corrected chi connectivity index (χ3v) is 6.93. The van der Waals surface area contributed by atoms with E-state index in [1.807, 2.05) is 25.1 Å². The van der Waals surface area contributed by atoms with E-state index in [0.717, 1.165) is 17.1 Å². The fraction of sp³-hybridized carbons (Fsp3) is 0.500. The Hall–Kier alpha value is -5.16. The van der Waals surface area contributed by atoms with Crippen LogP contribution < -0.4 is 19.8 Å². The molecule has 0 bridgehead atoms. The van der Waals surface area contributed by atoms with E-state index in [2.05, 4.69) is 0 Å². The highest BCUT2D eigenvalue weighted by molar-refractivity contribution is 7.85. The van der Waals surface area contributed by atoms with E-state index >= 15 is 0 Å². The van der Waals surface area contributed by atoms with Crippen LogP contribution in [0.2, 0.25) is 0 Å². The number of rotatable bonds is 14. The fourth-order valence-corrected chi connectivity index (χ4v) is 4.58. The smallest absolute Gasteiger partial charge is 0.339 e. The molecule has 3 rings (SSSR count). The van der Waals surface area contributed by atoms with Gasteiger partial charge in [-0.2, -0.15) is 8.42 Å². The van der Waals surface area contributed by atoms with E-state index < -0.39 is 33.6 Å². The highest BCUT2D eigenvalue weighted by Gasteiger charge is 2.25. The maximum atomic E-state index is 12.1. The summed E-state index contributed by atoms with van der Waals surface area (Å²) in [5.74, 6) is -0.452. The minimum atomic E-state index is -3.67. The summed E-state index contributed by atoms with van der Waals surface area (Å²) in [4.78, 5) is 57.2. The van der Waals surface area contributed by atoms with Crippen molar-refractivity contribution in [2.45, 2.75) is 74.7 Å². The minimum Gasteiger partial charge on any atom is -0.508 e. The molecule has 16 nitrogen and oxygen atoms in total. The number of aromatic hydroxyl groups is 1. The van der Waals surface area contributed by atoms with Crippen LogP contribution >= 0.6 is 0 Å². The van der Waals surface area contributed by atoms with Gasteiger partial charge in [0.2, 0.25) is 0 Å². The van der Waals surface area contributed by atoms with Crippen molar-refractivity contribution in [3.63, 3.8) is 0 Å². The molecule has 0 aliphatic carbocycles. The SMILES string of the molecule is C.CCOC(=O)CCC(C(C)=O)C(=O)OCC.CCOC(=O)CCc1c(C)c2c(OC)cc(O)cc2oc1=O.COc1cc(C)cc(OC)c1.CS(=O)(=O)O. The Bertz CT molecular complexity index is 1820. The zero-order chi connectivity index (χ0) is 41.6. The Morgan fingerprint density at radius 3 is 1.73 bits per heavy atom. The summed E-state index contributed by atoms with van der Waals surface area (Å²) >= 11 is 0. The maximum absolute atomic E-state index is 12.1. The third kappa shape index (κ3) is 20.8. The first kappa shape index (κ1) is 51.9. The fourth-order valence-electron chi connectivity index (χ4n) is 4.58. The number of ether oxygens (including phenoxy) is 6. The van der Waals surface area contributed by atoms with Crippen LogP contribution in [0.25, 0.3) is 11.0 Å². The lowest BCUT2D eigenvalue weighted by molar-refractivity contribution is -0.152. The molecule has 55 heavy (non-hydrogen) atoms. The van der Waals surface area contributed by atoms with Crippen LogP contribution in [0.4, 0.5) is 0 Å². The van der Waals surface area contributed by atoms with Gasteiger partial charge in [-0.15, -0.1) is 0 Å². The summed E-state index contributed by atoms with van der Waals surface area (Å²) in [7, 11) is 1.10. The van der Waals surface area contributed by atoms with E-state index in [4.69, 9.17) is 37.4 Å². The molecule has 1 atom stereocenters. The first-order valence-corrected chi connectivity index (χ1v) is 18.5. The molecule has 0 amide bonds. The van der Waals surface area contributed by atoms with Gasteiger partial charge in [-0.1, -0.05) is 7.43 Å². The number of fused-ring (bicyclic) bond motifs is 1. The highest BCUT2D eigenvalue weighted by Crippen LogP contribution is 2.33. The molecule has 2 N–H and O–H groups in total. The number of benzene rings is 2. The molecule has 0 fully saturated rings. The Morgan fingerprint density at radius 2 is 1.29 bits per heavy atom. The first-order valence-electron chi connectivity index (χ1n) is 16.7. The molecule has 17 heteroatoms. The Morgan fingerprint density at radius 1 is 0.800 bits per heavy atom. The topological polar surface area (TPSA) is 228 Å². The lowest BCUT2D eigenvalue weighted by Crippen LogP contribution is -2.25. The third-order valence-electron chi connectivity index (χ3n) is 6.93. The van der Waals surface area contributed by atoms with E-state index in [9.17, 15) is 37.5 Å². The van der Waals surface area contributed by atoms with Gasteiger partial charge < -0.3 is 37.9 Å². The number of Topliss-reactive ketones (excluding diaryl/α,β-unsaturated/α-hetero) is 1. The lowest BCUT2D eigenvalue weighted by Gasteiger charge is -2.11.